The summed E-state index contributed by atoms with van der Waals surface area (Å²) >= 11 is 0. The maximum atomic E-state index is 12.5. The van der Waals surface area contributed by atoms with E-state index in [0.717, 1.165) is 28.0 Å². The quantitative estimate of drug-likeness (QED) is 0.697. The van der Waals surface area contributed by atoms with Gasteiger partial charge in [0, 0.05) is 37.6 Å². The van der Waals surface area contributed by atoms with Gasteiger partial charge in [-0.05, 0) is 48.2 Å². The van der Waals surface area contributed by atoms with Crippen molar-refractivity contribution in [3.63, 3.8) is 0 Å². The third-order valence-corrected chi connectivity index (χ3v) is 4.39. The molecule has 25 heavy (non-hydrogen) atoms. The molecular formula is C20H22N4O. The molecule has 0 saturated carbocycles. The molecule has 128 valence electrons. The number of para-hydroxylation sites is 1. The maximum Gasteiger partial charge on any atom is 0.246 e. The zero-order chi connectivity index (χ0) is 17.8. The lowest BCUT2D eigenvalue weighted by molar-refractivity contribution is -0.126. The number of likely N-dealkylation sites (N-methyl/N-ethyl adjacent to an activating group) is 1. The molecule has 1 aromatic carbocycles. The Bertz CT molecular complexity index is 862. The van der Waals surface area contributed by atoms with E-state index in [4.69, 9.17) is 0 Å². The Morgan fingerprint density at radius 2 is 2.08 bits per heavy atom. The molecule has 0 spiro atoms. The molecule has 1 amide bonds. The van der Waals surface area contributed by atoms with Gasteiger partial charge < -0.3 is 15.2 Å². The van der Waals surface area contributed by atoms with Crippen molar-refractivity contribution < 1.29 is 4.79 Å². The van der Waals surface area contributed by atoms with E-state index in [0.29, 0.717) is 0 Å². The van der Waals surface area contributed by atoms with Gasteiger partial charge in [-0.3, -0.25) is 4.79 Å². The van der Waals surface area contributed by atoms with Crippen LogP contribution in [0.2, 0.25) is 0 Å². The molecule has 0 aliphatic carbocycles. The van der Waals surface area contributed by atoms with E-state index in [1.165, 1.54) is 0 Å². The Morgan fingerprint density at radius 3 is 2.76 bits per heavy atom. The lowest BCUT2D eigenvalue weighted by atomic mass is 10.2. The molecule has 5 nitrogen and oxygen atoms in total. The number of nitrogens with one attached hydrogen (secondary N) is 2. The fourth-order valence-corrected chi connectivity index (χ4v) is 2.66. The molecule has 5 heteroatoms. The minimum absolute atomic E-state index is 0.0469. The molecule has 2 aromatic heterocycles. The van der Waals surface area contributed by atoms with Crippen LogP contribution in [0, 0.1) is 0 Å². The minimum Gasteiger partial charge on any atom is -0.373 e. The van der Waals surface area contributed by atoms with E-state index in [2.05, 4.69) is 27.4 Å². The highest BCUT2D eigenvalue weighted by molar-refractivity contribution is 5.92. The molecule has 1 atom stereocenters. The maximum absolute atomic E-state index is 12.5. The van der Waals surface area contributed by atoms with Gasteiger partial charge in [-0.1, -0.05) is 18.2 Å². The van der Waals surface area contributed by atoms with Crippen molar-refractivity contribution in [2.75, 3.05) is 19.4 Å². The summed E-state index contributed by atoms with van der Waals surface area (Å²) < 4.78 is 0. The van der Waals surface area contributed by atoms with Crippen molar-refractivity contribution in [2.45, 2.75) is 13.0 Å². The van der Waals surface area contributed by atoms with Gasteiger partial charge in [0.2, 0.25) is 5.91 Å². The van der Waals surface area contributed by atoms with Gasteiger partial charge in [0.1, 0.15) is 5.82 Å². The second-order valence-electron chi connectivity index (χ2n) is 6.00. The number of fused-ring (bicyclic) bond motifs is 1. The molecule has 2 heterocycles. The van der Waals surface area contributed by atoms with Gasteiger partial charge in [0.15, 0.2) is 0 Å². The minimum atomic E-state index is -0.0520. The molecule has 0 fully saturated rings. The molecule has 3 rings (SSSR count). The summed E-state index contributed by atoms with van der Waals surface area (Å²) in [5.41, 5.74) is 2.99. The van der Waals surface area contributed by atoms with Gasteiger partial charge in [-0.15, -0.1) is 0 Å². The van der Waals surface area contributed by atoms with Crippen molar-refractivity contribution in [1.29, 1.82) is 0 Å². The summed E-state index contributed by atoms with van der Waals surface area (Å²) in [5, 5.41) is 4.12. The highest BCUT2D eigenvalue weighted by atomic mass is 16.2. The number of hydrogen-bond acceptors (Lipinski definition) is 3. The Morgan fingerprint density at radius 1 is 1.28 bits per heavy atom. The van der Waals surface area contributed by atoms with Crippen LogP contribution in [0.15, 0.2) is 54.7 Å². The average molecular weight is 334 g/mol. The second kappa shape index (κ2) is 7.21. The average Bonchev–Trinajstić information content (AvgIpc) is 3.09. The molecule has 1 unspecified atom stereocenters. The zero-order valence-corrected chi connectivity index (χ0v) is 14.7. The van der Waals surface area contributed by atoms with Gasteiger partial charge in [0.05, 0.1) is 6.04 Å². The third-order valence-electron chi connectivity index (χ3n) is 4.39. The van der Waals surface area contributed by atoms with Crippen LogP contribution in [0.5, 0.6) is 0 Å². The Hall–Kier alpha value is -3.08. The lowest BCUT2D eigenvalue weighted by Gasteiger charge is -2.22. The number of benzene rings is 1. The van der Waals surface area contributed by atoms with Crippen LogP contribution in [0.3, 0.4) is 0 Å². The number of pyridine rings is 1. The molecular weight excluding hydrogens is 312 g/mol. The second-order valence-corrected chi connectivity index (χ2v) is 6.00. The summed E-state index contributed by atoms with van der Waals surface area (Å²) in [4.78, 5) is 21.8. The Balaban J connectivity index is 1.71. The van der Waals surface area contributed by atoms with E-state index < -0.39 is 0 Å². The van der Waals surface area contributed by atoms with E-state index in [1.807, 2.05) is 51.4 Å². The van der Waals surface area contributed by atoms with Crippen LogP contribution in [0.1, 0.15) is 24.2 Å². The number of aromatic amines is 1. The number of amides is 1. The summed E-state index contributed by atoms with van der Waals surface area (Å²) in [6.07, 6.45) is 5.09. The summed E-state index contributed by atoms with van der Waals surface area (Å²) in [7, 11) is 3.63. The van der Waals surface area contributed by atoms with Crippen LogP contribution in [0.4, 0.5) is 5.82 Å². The molecule has 0 aliphatic rings. The van der Waals surface area contributed by atoms with Crippen LogP contribution < -0.4 is 5.32 Å². The van der Waals surface area contributed by atoms with Crippen molar-refractivity contribution in [2.24, 2.45) is 0 Å². The number of H-pyrrole nitrogens is 1. The standard InChI is InChI=1S/C20H22N4O/c1-14(18-12-16-6-4-5-7-17(16)23-18)24(3)20(25)11-9-15-8-10-19(21-2)22-13-15/h4-14,23H,1-3H3,(H,21,22). The number of anilines is 1. The van der Waals surface area contributed by atoms with Gasteiger partial charge in [-0.2, -0.15) is 0 Å². The number of carbonyl (C=O) groups is 1. The van der Waals surface area contributed by atoms with Gasteiger partial charge in [-0.25, -0.2) is 4.98 Å². The topological polar surface area (TPSA) is 61.0 Å². The van der Waals surface area contributed by atoms with Crippen molar-refractivity contribution in [1.82, 2.24) is 14.9 Å². The largest absolute Gasteiger partial charge is 0.373 e. The fourth-order valence-electron chi connectivity index (χ4n) is 2.66. The van der Waals surface area contributed by atoms with Crippen molar-refractivity contribution in [3.05, 3.63) is 66.0 Å². The first-order chi connectivity index (χ1) is 12.1. The predicted octanol–water partition coefficient (Wildman–Crippen LogP) is 3.84. The van der Waals surface area contributed by atoms with Crippen molar-refractivity contribution in [3.8, 4) is 0 Å². The van der Waals surface area contributed by atoms with Gasteiger partial charge >= 0.3 is 0 Å². The van der Waals surface area contributed by atoms with E-state index in [9.17, 15) is 4.79 Å². The first-order valence-electron chi connectivity index (χ1n) is 8.25. The fraction of sp³-hybridized carbons (Fsp3) is 0.200. The molecule has 0 saturated heterocycles. The SMILES string of the molecule is CNc1ccc(C=CC(=O)N(C)C(C)c2cc3ccccc3[nH]2)cn1. The summed E-state index contributed by atoms with van der Waals surface area (Å²) in [6, 6.07) is 13.9. The first kappa shape index (κ1) is 16.8. The first-order valence-corrected chi connectivity index (χ1v) is 8.25. The normalized spacial score (nSPS) is 12.4. The number of carbonyl (C=O) groups excluding carboxylic acids is 1. The molecule has 0 radical (unpaired) electrons. The number of nitrogens with zero attached hydrogens (tertiary/aromatic N) is 2. The molecule has 0 bridgehead atoms. The Kier molecular flexibility index (Phi) is 4.84. The predicted molar refractivity (Wildman–Crippen MR) is 102 cm³/mol. The van der Waals surface area contributed by atoms with Gasteiger partial charge in [0.25, 0.3) is 0 Å². The number of hydrogen-bond donors (Lipinski definition) is 2. The monoisotopic (exact) mass is 334 g/mol. The highest BCUT2D eigenvalue weighted by Gasteiger charge is 2.17. The third kappa shape index (κ3) is 3.71. The van der Waals surface area contributed by atoms with Crippen molar-refractivity contribution >= 4 is 28.7 Å². The van der Waals surface area contributed by atoms with Crippen LogP contribution >= 0.6 is 0 Å². The van der Waals surface area contributed by atoms with E-state index in [-0.39, 0.29) is 11.9 Å². The smallest absolute Gasteiger partial charge is 0.246 e. The summed E-state index contributed by atoms with van der Waals surface area (Å²) in [6.45, 7) is 2.01. The molecule has 2 N–H and O–H groups in total. The highest BCUT2D eigenvalue weighted by Crippen LogP contribution is 2.23. The summed E-state index contributed by atoms with van der Waals surface area (Å²) in [5.74, 6) is 0.747. The molecule has 0 aliphatic heterocycles. The Labute approximate surface area is 147 Å². The molecule has 3 aromatic rings. The lowest BCUT2D eigenvalue weighted by Crippen LogP contribution is -2.28. The van der Waals surface area contributed by atoms with Crippen LogP contribution in [-0.4, -0.2) is 34.9 Å². The number of aromatic nitrogens is 2. The van der Waals surface area contributed by atoms with Crippen LogP contribution in [-0.2, 0) is 4.79 Å². The van der Waals surface area contributed by atoms with Crippen LogP contribution in [0.25, 0.3) is 17.0 Å². The van der Waals surface area contributed by atoms with E-state index in [1.54, 1.807) is 23.2 Å². The zero-order valence-electron chi connectivity index (χ0n) is 14.7. The van der Waals surface area contributed by atoms with E-state index >= 15 is 0 Å². The number of rotatable bonds is 5.